The molecule has 0 fully saturated rings. The van der Waals surface area contributed by atoms with Crippen LogP contribution in [0.3, 0.4) is 0 Å². The van der Waals surface area contributed by atoms with Crippen molar-refractivity contribution in [2.24, 2.45) is 0 Å². The third-order valence-corrected chi connectivity index (χ3v) is 19.3. The van der Waals surface area contributed by atoms with E-state index in [0.717, 1.165) is 96.1 Å². The van der Waals surface area contributed by atoms with Crippen molar-refractivity contribution in [3.8, 4) is 46.0 Å². The molecular formula is C36H20O4P2S2. The van der Waals surface area contributed by atoms with Gasteiger partial charge in [-0.2, -0.15) is 0 Å². The zero-order valence-electron chi connectivity index (χ0n) is 23.0. The lowest BCUT2D eigenvalue weighted by molar-refractivity contribution is 0.461. The van der Waals surface area contributed by atoms with Gasteiger partial charge in [0.1, 0.15) is 46.0 Å². The molecule has 44 heavy (non-hydrogen) atoms. The van der Waals surface area contributed by atoms with Crippen LogP contribution in [0.25, 0.3) is 10.8 Å². The van der Waals surface area contributed by atoms with Gasteiger partial charge >= 0.3 is 0 Å². The highest BCUT2D eigenvalue weighted by Gasteiger charge is 2.47. The van der Waals surface area contributed by atoms with Crippen molar-refractivity contribution in [2.75, 3.05) is 0 Å². The minimum atomic E-state index is -2.54. The summed E-state index contributed by atoms with van der Waals surface area (Å²) in [6.45, 7) is 0. The molecule has 0 spiro atoms. The monoisotopic (exact) mass is 642 g/mol. The zero-order chi connectivity index (χ0) is 28.9. The number of para-hydroxylation sites is 2. The van der Waals surface area contributed by atoms with E-state index in [1.54, 1.807) is 0 Å². The maximum atomic E-state index is 6.97. The molecule has 0 aromatic heterocycles. The molecular weight excluding hydrogens is 622 g/mol. The van der Waals surface area contributed by atoms with Gasteiger partial charge in [-0.3, -0.25) is 0 Å². The summed E-state index contributed by atoms with van der Waals surface area (Å²) >= 11 is 13.8. The van der Waals surface area contributed by atoms with Gasteiger partial charge in [0, 0.05) is 21.2 Å². The summed E-state index contributed by atoms with van der Waals surface area (Å²) in [6.07, 6.45) is 1.87. The van der Waals surface area contributed by atoms with E-state index in [1.807, 2.05) is 60.7 Å². The molecule has 4 heterocycles. The Balaban J connectivity index is 1.31. The largest absolute Gasteiger partial charge is 0.456 e. The Morgan fingerprint density at radius 3 is 1.32 bits per heavy atom. The Morgan fingerprint density at radius 2 is 0.841 bits per heavy atom. The highest BCUT2D eigenvalue weighted by molar-refractivity contribution is 8.26. The van der Waals surface area contributed by atoms with Crippen LogP contribution < -0.4 is 50.8 Å². The maximum Gasteiger partial charge on any atom is 0.148 e. The van der Waals surface area contributed by atoms with E-state index in [9.17, 15) is 0 Å². The molecule has 6 aromatic rings. The van der Waals surface area contributed by atoms with Gasteiger partial charge < -0.3 is 18.9 Å². The van der Waals surface area contributed by atoms with E-state index in [2.05, 4.69) is 36.4 Å². The molecule has 0 radical (unpaired) electrons. The SMILES string of the molecule is S=P12c3ccccc3Oc3cccc(c31)Oc1c2cc2c3c(cc4c(c13)Oc1cccc3c1P4(=S)c1ccccc1O3)CC2. The first kappa shape index (κ1) is 24.4. The van der Waals surface area contributed by atoms with Crippen LogP contribution in [-0.2, 0) is 36.5 Å². The van der Waals surface area contributed by atoms with Crippen molar-refractivity contribution >= 4 is 78.3 Å². The molecule has 0 saturated heterocycles. The van der Waals surface area contributed by atoms with E-state index in [4.69, 9.17) is 42.6 Å². The summed E-state index contributed by atoms with van der Waals surface area (Å²) in [7, 11) is 0. The van der Waals surface area contributed by atoms with E-state index in [-0.39, 0.29) is 0 Å². The summed E-state index contributed by atoms with van der Waals surface area (Å²) in [5, 5.41) is 8.48. The fourth-order valence-corrected chi connectivity index (χ4v) is 16.8. The maximum absolute atomic E-state index is 6.97. The van der Waals surface area contributed by atoms with Crippen molar-refractivity contribution in [1.82, 2.24) is 0 Å². The van der Waals surface area contributed by atoms with Gasteiger partial charge in [-0.15, -0.1) is 0 Å². The first-order valence-corrected chi connectivity index (χ1v) is 20.2. The molecule has 2 unspecified atom stereocenters. The second-order valence-electron chi connectivity index (χ2n) is 11.8. The predicted octanol–water partition coefficient (Wildman–Crippen LogP) is 6.87. The second kappa shape index (κ2) is 8.02. The lowest BCUT2D eigenvalue weighted by Crippen LogP contribution is -2.36. The van der Waals surface area contributed by atoms with Gasteiger partial charge in [-0.05, 0) is 90.0 Å². The average Bonchev–Trinajstić information content (AvgIpc) is 3.45. The molecule has 0 saturated carbocycles. The summed E-state index contributed by atoms with van der Waals surface area (Å²) in [5.41, 5.74) is 2.59. The first-order chi connectivity index (χ1) is 21.5. The Labute approximate surface area is 263 Å². The van der Waals surface area contributed by atoms with Gasteiger partial charge in [0.15, 0.2) is 0 Å². The smallest absolute Gasteiger partial charge is 0.148 e. The number of fused-ring (bicyclic) bond motifs is 10. The Bertz CT molecular complexity index is 2320. The highest BCUT2D eigenvalue weighted by Crippen LogP contribution is 2.64. The van der Waals surface area contributed by atoms with Gasteiger partial charge in [0.2, 0.25) is 0 Å². The lowest BCUT2D eigenvalue weighted by atomic mass is 10.0. The molecule has 210 valence electrons. The van der Waals surface area contributed by atoms with Gasteiger partial charge in [0.25, 0.3) is 0 Å². The molecule has 4 nitrogen and oxygen atoms in total. The molecule has 0 bridgehead atoms. The molecule has 2 atom stereocenters. The van der Waals surface area contributed by atoms with Crippen LogP contribution in [-0.4, -0.2) is 0 Å². The van der Waals surface area contributed by atoms with Gasteiger partial charge in [-0.25, -0.2) is 0 Å². The normalized spacial score (nSPS) is 21.6. The van der Waals surface area contributed by atoms with Crippen molar-refractivity contribution in [2.45, 2.75) is 12.8 Å². The lowest BCUT2D eigenvalue weighted by Gasteiger charge is -2.40. The van der Waals surface area contributed by atoms with Crippen LogP contribution >= 0.6 is 12.1 Å². The fourth-order valence-electron chi connectivity index (χ4n) is 7.82. The molecule has 4 aliphatic heterocycles. The van der Waals surface area contributed by atoms with Crippen LogP contribution in [0, 0.1) is 0 Å². The fraction of sp³-hybridized carbons (Fsp3) is 0.0556. The van der Waals surface area contributed by atoms with Gasteiger partial charge in [-0.1, -0.05) is 60.0 Å². The number of ether oxygens (including phenoxy) is 4. The number of aryl methyl sites for hydroxylation is 2. The highest BCUT2D eigenvalue weighted by atomic mass is 32.4. The third-order valence-electron chi connectivity index (χ3n) is 9.60. The molecule has 1 aliphatic carbocycles. The van der Waals surface area contributed by atoms with Crippen LogP contribution in [0.5, 0.6) is 46.0 Å². The van der Waals surface area contributed by atoms with Crippen LogP contribution in [0.2, 0.25) is 0 Å². The molecule has 0 amide bonds. The van der Waals surface area contributed by atoms with Crippen molar-refractivity contribution in [3.05, 3.63) is 108 Å². The average molecular weight is 643 g/mol. The number of hydrogen-bond acceptors (Lipinski definition) is 6. The Morgan fingerprint density at radius 1 is 0.432 bits per heavy atom. The van der Waals surface area contributed by atoms with E-state index in [0.29, 0.717) is 0 Å². The molecule has 6 aromatic carbocycles. The van der Waals surface area contributed by atoms with Crippen LogP contribution in [0.1, 0.15) is 11.1 Å². The minimum absolute atomic E-state index is 0.762. The van der Waals surface area contributed by atoms with E-state index in [1.165, 1.54) is 16.5 Å². The molecule has 5 aliphatic rings. The van der Waals surface area contributed by atoms with Crippen LogP contribution in [0.15, 0.2) is 97.1 Å². The van der Waals surface area contributed by atoms with Crippen molar-refractivity contribution < 1.29 is 18.9 Å². The third kappa shape index (κ3) is 2.71. The minimum Gasteiger partial charge on any atom is -0.456 e. The predicted molar refractivity (Wildman–Crippen MR) is 184 cm³/mol. The second-order valence-corrected chi connectivity index (χ2v) is 20.3. The summed E-state index contributed by atoms with van der Waals surface area (Å²) in [4.78, 5) is 0. The van der Waals surface area contributed by atoms with E-state index >= 15 is 0 Å². The number of rotatable bonds is 0. The first-order valence-electron chi connectivity index (χ1n) is 14.6. The summed E-state index contributed by atoms with van der Waals surface area (Å²) < 4.78 is 26.8. The van der Waals surface area contributed by atoms with Crippen molar-refractivity contribution in [3.63, 3.8) is 0 Å². The Kier molecular flexibility index (Phi) is 4.45. The standard InChI is InChI=1S/C36H20O4P2S2/c43-41-27-13-3-1-7-21(27)37-23-9-5-11-25(35(23)41)39-33-29(41)17-19-15-16-20-18-30-34(32(33)31(19)20)40-26-12-6-10-24-36(26)42(30,44)28-14-4-2-8-22(28)38-24/h1-14,17-18H,15-16H2. The van der Waals surface area contributed by atoms with Crippen LogP contribution in [0.4, 0.5) is 0 Å². The summed E-state index contributed by atoms with van der Waals surface area (Å²) in [5.74, 6) is 6.35. The topological polar surface area (TPSA) is 36.9 Å². The number of hydrogen-bond donors (Lipinski definition) is 0. The van der Waals surface area contributed by atoms with E-state index < -0.39 is 12.1 Å². The Hall–Kier alpha value is -3.92. The zero-order valence-corrected chi connectivity index (χ0v) is 26.4. The number of benzene rings is 6. The molecule has 0 N–H and O–H groups in total. The molecule has 8 heteroatoms. The van der Waals surface area contributed by atoms with Crippen molar-refractivity contribution in [1.29, 1.82) is 0 Å². The summed E-state index contributed by atoms with van der Waals surface area (Å²) in [6, 6.07) is 28.1. The quantitative estimate of drug-likeness (QED) is 0.168. The molecule has 11 rings (SSSR count). The van der Waals surface area contributed by atoms with Gasteiger partial charge in [0.05, 0.1) is 28.1 Å².